The molecule has 106 valence electrons. The van der Waals surface area contributed by atoms with Crippen molar-refractivity contribution in [3.05, 3.63) is 16.8 Å². The number of carbonyl (C=O) groups is 2. The summed E-state index contributed by atoms with van der Waals surface area (Å²) in [6.45, 7) is 1.74. The van der Waals surface area contributed by atoms with Gasteiger partial charge in [0.25, 0.3) is 0 Å². The molecule has 6 nitrogen and oxygen atoms in total. The molecule has 0 atom stereocenters. The van der Waals surface area contributed by atoms with Crippen molar-refractivity contribution in [2.45, 2.75) is 11.9 Å². The fourth-order valence-electron chi connectivity index (χ4n) is 1.61. The Kier molecular flexibility index (Phi) is 4.24. The summed E-state index contributed by atoms with van der Waals surface area (Å²) in [6.07, 6.45) is 1.40. The highest BCUT2D eigenvalue weighted by Gasteiger charge is 2.19. The number of aromatic nitrogens is 2. The standard InChI is InChI=1S/C12H13N3O3S2/c1-6-8-10(19-4-7(16)15(2)3)13-5-14-11(8)20-9(6)12(17)18/h5H,4H2,1-3H3,(H,17,18). The molecule has 1 amide bonds. The number of aromatic carboxylic acids is 1. The monoisotopic (exact) mass is 311 g/mol. The first-order chi connectivity index (χ1) is 9.41. The molecule has 0 aliphatic rings. The van der Waals surface area contributed by atoms with E-state index in [1.54, 1.807) is 21.0 Å². The summed E-state index contributed by atoms with van der Waals surface area (Å²) in [5.74, 6) is -0.726. The summed E-state index contributed by atoms with van der Waals surface area (Å²) < 4.78 is 0. The predicted molar refractivity (Wildman–Crippen MR) is 78.5 cm³/mol. The summed E-state index contributed by atoms with van der Waals surface area (Å²) in [6, 6.07) is 0. The zero-order chi connectivity index (χ0) is 14.9. The van der Waals surface area contributed by atoms with Crippen molar-refractivity contribution < 1.29 is 14.7 Å². The second kappa shape index (κ2) is 5.76. The van der Waals surface area contributed by atoms with Crippen molar-refractivity contribution in [2.24, 2.45) is 0 Å². The van der Waals surface area contributed by atoms with Gasteiger partial charge < -0.3 is 10.0 Å². The van der Waals surface area contributed by atoms with Crippen LogP contribution in [0.15, 0.2) is 11.4 Å². The third-order valence-electron chi connectivity index (χ3n) is 2.72. The zero-order valence-electron chi connectivity index (χ0n) is 11.2. The smallest absolute Gasteiger partial charge is 0.346 e. The first kappa shape index (κ1) is 14.7. The molecule has 0 fully saturated rings. The first-order valence-electron chi connectivity index (χ1n) is 5.72. The molecular formula is C12H13N3O3S2. The Hall–Kier alpha value is -1.67. The number of carbonyl (C=O) groups excluding carboxylic acids is 1. The van der Waals surface area contributed by atoms with Crippen molar-refractivity contribution in [3.8, 4) is 0 Å². The van der Waals surface area contributed by atoms with Gasteiger partial charge in [-0.05, 0) is 12.5 Å². The number of rotatable bonds is 4. The minimum Gasteiger partial charge on any atom is -0.477 e. The lowest BCUT2D eigenvalue weighted by molar-refractivity contribution is -0.125. The number of amides is 1. The number of hydrogen-bond donors (Lipinski definition) is 1. The van der Waals surface area contributed by atoms with Gasteiger partial charge in [-0.1, -0.05) is 11.8 Å². The van der Waals surface area contributed by atoms with E-state index in [9.17, 15) is 9.59 Å². The molecule has 0 aromatic carbocycles. The molecule has 0 saturated heterocycles. The summed E-state index contributed by atoms with van der Waals surface area (Å²) in [7, 11) is 3.38. The van der Waals surface area contributed by atoms with Crippen LogP contribution in [0.4, 0.5) is 0 Å². The minimum absolute atomic E-state index is 0.0203. The normalized spacial score (nSPS) is 10.8. The molecule has 0 spiro atoms. The van der Waals surface area contributed by atoms with Gasteiger partial charge in [-0.3, -0.25) is 4.79 Å². The second-order valence-corrected chi connectivity index (χ2v) is 6.26. The highest BCUT2D eigenvalue weighted by molar-refractivity contribution is 8.00. The Morgan fingerprint density at radius 3 is 2.70 bits per heavy atom. The Morgan fingerprint density at radius 1 is 1.40 bits per heavy atom. The van der Waals surface area contributed by atoms with Crippen LogP contribution in [0.25, 0.3) is 10.2 Å². The molecule has 0 radical (unpaired) electrons. The number of thiophene rings is 1. The van der Waals surface area contributed by atoms with E-state index in [1.165, 1.54) is 23.0 Å². The molecule has 0 unspecified atom stereocenters. The summed E-state index contributed by atoms with van der Waals surface area (Å²) in [5, 5.41) is 10.5. The summed E-state index contributed by atoms with van der Waals surface area (Å²) in [4.78, 5) is 33.5. The van der Waals surface area contributed by atoms with Gasteiger partial charge in [-0.15, -0.1) is 11.3 Å². The predicted octanol–water partition coefficient (Wildman–Crippen LogP) is 1.88. The molecular weight excluding hydrogens is 298 g/mol. The number of carboxylic acids is 1. The number of aryl methyl sites for hydroxylation is 1. The highest BCUT2D eigenvalue weighted by atomic mass is 32.2. The Labute approximate surface area is 123 Å². The van der Waals surface area contributed by atoms with Crippen molar-refractivity contribution in [1.82, 2.24) is 14.9 Å². The van der Waals surface area contributed by atoms with Crippen LogP contribution in [0.2, 0.25) is 0 Å². The van der Waals surface area contributed by atoms with Crippen molar-refractivity contribution in [2.75, 3.05) is 19.8 Å². The van der Waals surface area contributed by atoms with E-state index < -0.39 is 5.97 Å². The third kappa shape index (κ3) is 2.75. The molecule has 2 rings (SSSR count). The SMILES string of the molecule is Cc1c(C(=O)O)sc2ncnc(SCC(=O)N(C)C)c12. The molecule has 0 aliphatic carbocycles. The third-order valence-corrected chi connectivity index (χ3v) is 4.88. The topological polar surface area (TPSA) is 83.4 Å². The van der Waals surface area contributed by atoms with Crippen LogP contribution in [0, 0.1) is 6.92 Å². The van der Waals surface area contributed by atoms with E-state index in [1.807, 2.05) is 0 Å². The van der Waals surface area contributed by atoms with Crippen LogP contribution in [-0.4, -0.2) is 51.7 Å². The maximum absolute atomic E-state index is 11.6. The lowest BCUT2D eigenvalue weighted by atomic mass is 10.2. The highest BCUT2D eigenvalue weighted by Crippen LogP contribution is 2.34. The number of thioether (sulfide) groups is 1. The first-order valence-corrected chi connectivity index (χ1v) is 7.52. The zero-order valence-corrected chi connectivity index (χ0v) is 12.8. The van der Waals surface area contributed by atoms with Crippen LogP contribution in [0.1, 0.15) is 15.2 Å². The molecule has 2 aromatic rings. The van der Waals surface area contributed by atoms with Crippen LogP contribution in [-0.2, 0) is 4.79 Å². The molecule has 0 aliphatic heterocycles. The van der Waals surface area contributed by atoms with Crippen LogP contribution < -0.4 is 0 Å². The van der Waals surface area contributed by atoms with E-state index in [0.29, 0.717) is 15.4 Å². The van der Waals surface area contributed by atoms with Crippen LogP contribution in [0.5, 0.6) is 0 Å². The lowest BCUT2D eigenvalue weighted by Crippen LogP contribution is -2.23. The molecule has 1 N–H and O–H groups in total. The van der Waals surface area contributed by atoms with E-state index >= 15 is 0 Å². The minimum atomic E-state index is -0.967. The Bertz CT molecular complexity index is 682. The van der Waals surface area contributed by atoms with Gasteiger partial charge in [0.1, 0.15) is 21.1 Å². The van der Waals surface area contributed by atoms with Gasteiger partial charge in [-0.2, -0.15) is 0 Å². The fraction of sp³-hybridized carbons (Fsp3) is 0.333. The Balaban J connectivity index is 2.39. The average Bonchev–Trinajstić information content (AvgIpc) is 2.74. The molecule has 2 heterocycles. The van der Waals surface area contributed by atoms with Gasteiger partial charge in [0.2, 0.25) is 5.91 Å². The number of fused-ring (bicyclic) bond motifs is 1. The van der Waals surface area contributed by atoms with Gasteiger partial charge in [0, 0.05) is 19.5 Å². The van der Waals surface area contributed by atoms with E-state index in [2.05, 4.69) is 9.97 Å². The molecule has 8 heteroatoms. The van der Waals surface area contributed by atoms with E-state index in [-0.39, 0.29) is 16.5 Å². The second-order valence-electron chi connectivity index (χ2n) is 4.30. The number of hydrogen-bond acceptors (Lipinski definition) is 6. The van der Waals surface area contributed by atoms with Gasteiger partial charge in [0.05, 0.1) is 5.75 Å². The summed E-state index contributed by atoms with van der Waals surface area (Å²) >= 11 is 2.42. The molecule has 20 heavy (non-hydrogen) atoms. The van der Waals surface area contributed by atoms with Crippen molar-refractivity contribution >= 4 is 45.2 Å². The Morgan fingerprint density at radius 2 is 2.10 bits per heavy atom. The van der Waals surface area contributed by atoms with E-state index in [4.69, 9.17) is 5.11 Å². The lowest BCUT2D eigenvalue weighted by Gasteiger charge is -2.09. The van der Waals surface area contributed by atoms with Crippen LogP contribution in [0.3, 0.4) is 0 Å². The maximum atomic E-state index is 11.6. The van der Waals surface area contributed by atoms with Crippen molar-refractivity contribution in [3.63, 3.8) is 0 Å². The van der Waals surface area contributed by atoms with Crippen LogP contribution >= 0.6 is 23.1 Å². The summed E-state index contributed by atoms with van der Waals surface area (Å²) in [5.41, 5.74) is 0.651. The van der Waals surface area contributed by atoms with Gasteiger partial charge in [0.15, 0.2) is 0 Å². The van der Waals surface area contributed by atoms with Gasteiger partial charge >= 0.3 is 5.97 Å². The number of carboxylic acid groups (broad SMARTS) is 1. The quantitative estimate of drug-likeness (QED) is 0.685. The fourth-order valence-corrected chi connectivity index (χ4v) is 3.70. The van der Waals surface area contributed by atoms with Gasteiger partial charge in [-0.25, -0.2) is 14.8 Å². The maximum Gasteiger partial charge on any atom is 0.346 e. The molecule has 0 bridgehead atoms. The van der Waals surface area contributed by atoms with E-state index in [0.717, 1.165) is 16.7 Å². The average molecular weight is 311 g/mol. The largest absolute Gasteiger partial charge is 0.477 e. The van der Waals surface area contributed by atoms with Crippen molar-refractivity contribution in [1.29, 1.82) is 0 Å². The molecule has 2 aromatic heterocycles. The molecule has 0 saturated carbocycles. The number of nitrogens with zero attached hydrogens (tertiary/aromatic N) is 3.